The van der Waals surface area contributed by atoms with E-state index in [1.165, 1.54) is 33.1 Å². The molecule has 9 nitrogen and oxygen atoms in total. The minimum absolute atomic E-state index is 0.291. The number of hydrogen-bond donors (Lipinski definition) is 1. The lowest BCUT2D eigenvalue weighted by atomic mass is 9.90. The van der Waals surface area contributed by atoms with Crippen LogP contribution >= 0.6 is 0 Å². The molecule has 178 valence electrons. The van der Waals surface area contributed by atoms with E-state index in [4.69, 9.17) is 15.2 Å². The van der Waals surface area contributed by atoms with E-state index >= 15 is 0 Å². The van der Waals surface area contributed by atoms with E-state index in [0.29, 0.717) is 34.6 Å². The van der Waals surface area contributed by atoms with Crippen molar-refractivity contribution in [3.8, 4) is 22.6 Å². The number of amides is 2. The maximum atomic E-state index is 13.2. The van der Waals surface area contributed by atoms with Crippen molar-refractivity contribution in [1.82, 2.24) is 3.29 Å². The van der Waals surface area contributed by atoms with Crippen molar-refractivity contribution in [1.29, 1.82) is 0 Å². The number of ether oxygens (including phenoxy) is 2. The Labute approximate surface area is 194 Å². The Morgan fingerprint density at radius 3 is 2.30 bits per heavy atom. The zero-order chi connectivity index (χ0) is 24.6. The van der Waals surface area contributed by atoms with Gasteiger partial charge in [0, 0.05) is 24.1 Å². The largest absolute Gasteiger partial charge is 0.496 e. The molecular weight excluding hydrogens is 468 g/mol. The Balaban J connectivity index is 2.44. The first-order valence-corrected chi connectivity index (χ1v) is 13.5. The molecule has 1 heterocycles. The molecule has 33 heavy (non-hydrogen) atoms. The van der Waals surface area contributed by atoms with E-state index in [0.717, 1.165) is 0 Å². The van der Waals surface area contributed by atoms with Gasteiger partial charge in [-0.1, -0.05) is 12.1 Å². The normalized spacial score (nSPS) is 15.7. The van der Waals surface area contributed by atoms with Crippen LogP contribution in [0.4, 0.5) is 10.5 Å². The molecule has 1 unspecified atom stereocenters. The Morgan fingerprint density at radius 2 is 1.79 bits per heavy atom. The van der Waals surface area contributed by atoms with Crippen LogP contribution in [0.3, 0.4) is 0 Å². The summed E-state index contributed by atoms with van der Waals surface area (Å²) in [7, 11) is -7.66. The summed E-state index contributed by atoms with van der Waals surface area (Å²) >= 11 is 0. The van der Waals surface area contributed by atoms with Gasteiger partial charge in [-0.3, -0.25) is 0 Å². The van der Waals surface area contributed by atoms with Crippen molar-refractivity contribution in [2.75, 3.05) is 18.6 Å². The summed E-state index contributed by atoms with van der Waals surface area (Å²) in [5, 5.41) is 0. The predicted octanol–water partition coefficient (Wildman–Crippen LogP) is 3.46. The first kappa shape index (κ1) is 24.7. The number of carbonyl (C=O) groups excluding carboxylic acids is 1. The Morgan fingerprint density at radius 1 is 1.15 bits per heavy atom. The lowest BCUT2D eigenvalue weighted by Gasteiger charge is -2.33. The molecule has 2 amide bonds. The summed E-state index contributed by atoms with van der Waals surface area (Å²) in [6, 6.07) is 8.02. The maximum Gasteiger partial charge on any atom is 0.450 e. The third kappa shape index (κ3) is 3.60. The van der Waals surface area contributed by atoms with Gasteiger partial charge in [0.15, 0.2) is 5.69 Å². The van der Waals surface area contributed by atoms with E-state index in [1.807, 2.05) is 0 Å². The lowest BCUT2D eigenvalue weighted by Crippen LogP contribution is -2.65. The van der Waals surface area contributed by atoms with Crippen LogP contribution in [-0.2, 0) is 20.0 Å². The van der Waals surface area contributed by atoms with E-state index in [1.54, 1.807) is 30.3 Å². The minimum Gasteiger partial charge on any atom is -0.496 e. The second-order valence-corrected chi connectivity index (χ2v) is 12.2. The van der Waals surface area contributed by atoms with Gasteiger partial charge in [0.2, 0.25) is 0 Å². The monoisotopic (exact) mass is 495 g/mol. The van der Waals surface area contributed by atoms with Crippen molar-refractivity contribution >= 4 is 31.8 Å². The molecule has 2 N–H and O–H groups in total. The molecule has 0 fully saturated rings. The van der Waals surface area contributed by atoms with Crippen LogP contribution in [-0.4, -0.2) is 41.5 Å². The van der Waals surface area contributed by atoms with Crippen LogP contribution in [0.1, 0.15) is 31.9 Å². The summed E-state index contributed by atoms with van der Waals surface area (Å²) in [6.07, 6.45) is 1.39. The zero-order valence-corrected chi connectivity index (χ0v) is 20.3. The van der Waals surface area contributed by atoms with Crippen molar-refractivity contribution in [3.63, 3.8) is 0 Å². The number of nitrogens with zero attached hydrogens (tertiary/aromatic N) is 1. The van der Waals surface area contributed by atoms with Crippen molar-refractivity contribution in [3.05, 3.63) is 54.6 Å². The Kier molecular flexibility index (Phi) is 6.60. The van der Waals surface area contributed by atoms with Gasteiger partial charge in [-0.15, -0.1) is 6.58 Å². The summed E-state index contributed by atoms with van der Waals surface area (Å²) in [5.74, 6) is -0.151. The number of fused-ring (bicyclic) bond motifs is 3. The number of carbonyl (C=O) groups is 1. The fourth-order valence-electron chi connectivity index (χ4n) is 4.07. The second-order valence-electron chi connectivity index (χ2n) is 7.37. The molecule has 11 heteroatoms. The second kappa shape index (κ2) is 8.81. The first-order valence-electron chi connectivity index (χ1n) is 10.3. The fraction of sp³-hybridized carbons (Fsp3) is 0.318. The van der Waals surface area contributed by atoms with Crippen molar-refractivity contribution in [2.45, 2.75) is 26.4 Å². The number of methoxy groups -OCH3 is 1. The number of sulfonamides is 2. The molecule has 0 saturated carbocycles. The van der Waals surface area contributed by atoms with Gasteiger partial charge in [-0.2, -0.15) is 16.8 Å². The van der Waals surface area contributed by atoms with Crippen molar-refractivity contribution in [2.24, 2.45) is 5.73 Å². The van der Waals surface area contributed by atoms with E-state index in [-0.39, 0.29) is 5.69 Å². The molecule has 0 saturated heterocycles. The van der Waals surface area contributed by atoms with Crippen LogP contribution in [0.2, 0.25) is 0 Å². The lowest BCUT2D eigenvalue weighted by molar-refractivity contribution is 0.204. The van der Waals surface area contributed by atoms with Crippen molar-refractivity contribution < 1.29 is 31.1 Å². The molecule has 0 radical (unpaired) electrons. The topological polar surface area (TPSA) is 130 Å². The molecule has 3 rings (SSSR count). The van der Waals surface area contributed by atoms with E-state index < -0.39 is 47.0 Å². The van der Waals surface area contributed by atoms with Crippen LogP contribution in [0.25, 0.3) is 11.1 Å². The van der Waals surface area contributed by atoms with Gasteiger partial charge in [-0.25, -0.2) is 4.79 Å². The Hall–Kier alpha value is -2.89. The molecule has 1 aliphatic rings. The molecule has 0 aromatic heterocycles. The number of nitrogens with two attached hydrogens (primary N) is 1. The number of hydrogen-bond acceptors (Lipinski definition) is 7. The third-order valence-electron chi connectivity index (χ3n) is 5.65. The van der Waals surface area contributed by atoms with Crippen LogP contribution in [0.15, 0.2) is 49.1 Å². The van der Waals surface area contributed by atoms with Crippen LogP contribution < -0.4 is 18.5 Å². The molecule has 2 aromatic carbocycles. The highest BCUT2D eigenvalue weighted by atomic mass is 32.3. The smallest absolute Gasteiger partial charge is 0.450 e. The maximum absolute atomic E-state index is 13.2. The molecule has 0 aliphatic carbocycles. The average Bonchev–Trinajstić information content (AvgIpc) is 2.78. The summed E-state index contributed by atoms with van der Waals surface area (Å²) in [6.45, 7) is 6.27. The highest BCUT2D eigenvalue weighted by Gasteiger charge is 2.60. The van der Waals surface area contributed by atoms with Gasteiger partial charge < -0.3 is 15.2 Å². The number of rotatable bonds is 8. The Bertz CT molecular complexity index is 1280. The van der Waals surface area contributed by atoms with Crippen LogP contribution in [0, 0.1) is 0 Å². The quantitative estimate of drug-likeness (QED) is 0.438. The molecule has 0 spiro atoms. The van der Waals surface area contributed by atoms with E-state index in [9.17, 15) is 21.6 Å². The highest BCUT2D eigenvalue weighted by Crippen LogP contribution is 2.50. The first-order chi connectivity index (χ1) is 15.5. The fourth-order valence-corrected chi connectivity index (χ4v) is 8.24. The number of quaternary nitrogens is 1. The number of benzene rings is 2. The predicted molar refractivity (Wildman–Crippen MR) is 127 cm³/mol. The summed E-state index contributed by atoms with van der Waals surface area (Å²) in [5.41, 5.74) is 7.02. The third-order valence-corrected chi connectivity index (χ3v) is 10.8. The molecule has 1 aliphatic heterocycles. The van der Waals surface area contributed by atoms with E-state index in [2.05, 4.69) is 6.58 Å². The van der Waals surface area contributed by atoms with Gasteiger partial charge >= 0.3 is 26.1 Å². The molecule has 2 aromatic rings. The minimum atomic E-state index is -4.58. The SMILES string of the molecule is C=CCC1Oc2cccc(OC)c2-c2ccc([N+](C(N)=O)(S(=O)(=O)CC)S(=O)(=O)CC)cc21. The average molecular weight is 496 g/mol. The summed E-state index contributed by atoms with van der Waals surface area (Å²) in [4.78, 5) is 12.7. The summed E-state index contributed by atoms with van der Waals surface area (Å²) < 4.78 is 62.3. The number of urea groups is 1. The molecule has 0 bridgehead atoms. The van der Waals surface area contributed by atoms with Gasteiger partial charge in [0.1, 0.15) is 17.6 Å². The number of primary amides is 1. The van der Waals surface area contributed by atoms with Gasteiger partial charge in [0.05, 0.1) is 24.2 Å². The zero-order valence-electron chi connectivity index (χ0n) is 18.6. The van der Waals surface area contributed by atoms with Crippen LogP contribution in [0.5, 0.6) is 11.5 Å². The standard InChI is InChI=1S/C22H26N2O7S2/c1-5-9-18-17-14-15(24(22(23)25,32(26,27)6-2)33(28,29)7-3)12-13-16(17)21-19(30-4)10-8-11-20(21)31-18/h5,8,10-14,18H,1,6-7,9H2,2-4H3,(H-,23,25)/p+1. The van der Waals surface area contributed by atoms with Gasteiger partial charge in [-0.05, 0) is 40.9 Å². The van der Waals surface area contributed by atoms with Gasteiger partial charge in [0.25, 0.3) is 0 Å². The molecular formula is C22H27N2O7S2+. The molecule has 1 atom stereocenters. The highest BCUT2D eigenvalue weighted by molar-refractivity contribution is 8.08.